The van der Waals surface area contributed by atoms with Gasteiger partial charge >= 0.3 is 6.03 Å². The molecule has 2 atom stereocenters. The summed E-state index contributed by atoms with van der Waals surface area (Å²) in [7, 11) is 1.64. The Balaban J connectivity index is 1.88. The van der Waals surface area contributed by atoms with E-state index in [1.165, 1.54) is 4.90 Å². The summed E-state index contributed by atoms with van der Waals surface area (Å²) in [6.07, 6.45) is -0.481. The number of aliphatic imine (C=N–C) groups is 1. The van der Waals surface area contributed by atoms with Crippen LogP contribution in [0.15, 0.2) is 29.3 Å². The first-order chi connectivity index (χ1) is 9.97. The van der Waals surface area contributed by atoms with Gasteiger partial charge in [-0.15, -0.1) is 0 Å². The van der Waals surface area contributed by atoms with Crippen molar-refractivity contribution in [1.29, 1.82) is 0 Å². The summed E-state index contributed by atoms with van der Waals surface area (Å²) in [4.78, 5) is 31.5. The van der Waals surface area contributed by atoms with Crippen LogP contribution < -0.4 is 5.32 Å². The fourth-order valence-corrected chi connectivity index (χ4v) is 3.22. The molecule has 21 heavy (non-hydrogen) atoms. The van der Waals surface area contributed by atoms with E-state index < -0.39 is 18.2 Å². The number of nitrogens with zero attached hydrogens (tertiary/aromatic N) is 3. The van der Waals surface area contributed by atoms with E-state index in [0.717, 1.165) is 11.1 Å². The second-order valence-corrected chi connectivity index (χ2v) is 5.99. The molecule has 0 bridgehead atoms. The number of amides is 3. The molecule has 2 aliphatic heterocycles. The van der Waals surface area contributed by atoms with Crippen LogP contribution in [-0.4, -0.2) is 45.7 Å². The number of halogens is 1. The number of rotatable bonds is 2. The van der Waals surface area contributed by atoms with Gasteiger partial charge in [0.1, 0.15) is 0 Å². The monoisotopic (exact) mass is 350 g/mol. The maximum atomic E-state index is 12.2. The quantitative estimate of drug-likeness (QED) is 0.820. The predicted molar refractivity (Wildman–Crippen MR) is 82.0 cm³/mol. The molecular weight excluding hydrogens is 336 g/mol. The van der Waals surface area contributed by atoms with E-state index >= 15 is 0 Å². The molecule has 1 fully saturated rings. The molecule has 110 valence electrons. The Morgan fingerprint density at radius 3 is 2.86 bits per heavy atom. The molecule has 1 aromatic rings. The lowest BCUT2D eigenvalue weighted by atomic mass is 10.1. The number of amidine groups is 1. The molecule has 7 heteroatoms. The van der Waals surface area contributed by atoms with Gasteiger partial charge in [0, 0.05) is 13.6 Å². The number of nitrogens with one attached hydrogen (secondary N) is 1. The highest BCUT2D eigenvalue weighted by Gasteiger charge is 2.47. The van der Waals surface area contributed by atoms with Gasteiger partial charge < -0.3 is 9.80 Å². The summed E-state index contributed by atoms with van der Waals surface area (Å²) in [5.74, 6) is -0.311. The maximum absolute atomic E-state index is 12.2. The third-order valence-corrected chi connectivity index (χ3v) is 4.41. The van der Waals surface area contributed by atoms with Crippen molar-refractivity contribution in [1.82, 2.24) is 15.1 Å². The Kier molecular flexibility index (Phi) is 3.44. The van der Waals surface area contributed by atoms with E-state index in [-0.39, 0.29) is 5.91 Å². The Labute approximate surface area is 130 Å². The normalized spacial score (nSPS) is 24.8. The lowest BCUT2D eigenvalue weighted by molar-refractivity contribution is -0.127. The molecule has 1 aromatic carbocycles. The summed E-state index contributed by atoms with van der Waals surface area (Å²) in [6, 6.07) is 7.18. The minimum absolute atomic E-state index is 0.311. The highest BCUT2D eigenvalue weighted by atomic mass is 79.9. The summed E-state index contributed by atoms with van der Waals surface area (Å²) < 4.78 is 0.593. The third kappa shape index (κ3) is 2.42. The average Bonchev–Trinajstić information content (AvgIpc) is 2.74. The van der Waals surface area contributed by atoms with E-state index in [4.69, 9.17) is 0 Å². The Bertz CT molecular complexity index is 646. The van der Waals surface area contributed by atoms with Gasteiger partial charge in [0.2, 0.25) is 0 Å². The summed E-state index contributed by atoms with van der Waals surface area (Å²) in [5, 5.41) is 2.36. The second-order valence-electron chi connectivity index (χ2n) is 5.28. The highest BCUT2D eigenvalue weighted by Crippen LogP contribution is 2.27. The molecule has 1 saturated heterocycles. The summed E-state index contributed by atoms with van der Waals surface area (Å²) in [6.45, 7) is 2.58. The minimum atomic E-state index is -0.498. The van der Waals surface area contributed by atoms with E-state index in [0.29, 0.717) is 11.3 Å². The molecule has 2 unspecified atom stereocenters. The first-order valence-electron chi connectivity index (χ1n) is 6.60. The van der Waals surface area contributed by atoms with Gasteiger partial charge in [0.25, 0.3) is 5.91 Å². The van der Waals surface area contributed by atoms with Crippen LogP contribution in [0.5, 0.6) is 0 Å². The number of carbonyl (C=O) groups excluding carboxylic acids is 2. The molecule has 2 heterocycles. The van der Waals surface area contributed by atoms with E-state index in [9.17, 15) is 9.59 Å². The fourth-order valence-electron chi connectivity index (χ4n) is 2.66. The van der Waals surface area contributed by atoms with Gasteiger partial charge in [0.05, 0.1) is 0 Å². The predicted octanol–water partition coefficient (Wildman–Crippen LogP) is 1.44. The largest absolute Gasteiger partial charge is 0.331 e. The van der Waals surface area contributed by atoms with Crippen molar-refractivity contribution in [2.24, 2.45) is 4.99 Å². The number of imide groups is 1. The number of likely N-dealkylation sites (N-methyl/N-ethyl adjacent to an activating group) is 1. The van der Waals surface area contributed by atoms with Crippen LogP contribution in [0.25, 0.3) is 0 Å². The number of fused-ring (bicyclic) bond motifs is 1. The van der Waals surface area contributed by atoms with E-state index in [1.807, 2.05) is 30.0 Å². The molecule has 0 spiro atoms. The highest BCUT2D eigenvalue weighted by molar-refractivity contribution is 9.18. The first kappa shape index (κ1) is 14.1. The van der Waals surface area contributed by atoms with Crippen molar-refractivity contribution >= 4 is 32.6 Å². The van der Waals surface area contributed by atoms with Crippen LogP contribution in [0.1, 0.15) is 11.1 Å². The second kappa shape index (κ2) is 5.14. The molecule has 0 aromatic heterocycles. The van der Waals surface area contributed by atoms with Crippen LogP contribution in [0, 0.1) is 6.92 Å². The summed E-state index contributed by atoms with van der Waals surface area (Å²) in [5.41, 5.74) is 2.26. The van der Waals surface area contributed by atoms with Gasteiger partial charge in [-0.2, -0.15) is 0 Å². The van der Waals surface area contributed by atoms with Gasteiger partial charge in [-0.05, 0) is 28.4 Å². The van der Waals surface area contributed by atoms with Crippen LogP contribution in [0.3, 0.4) is 0 Å². The van der Waals surface area contributed by atoms with Crippen molar-refractivity contribution in [3.8, 4) is 0 Å². The Morgan fingerprint density at radius 1 is 1.38 bits per heavy atom. The van der Waals surface area contributed by atoms with Gasteiger partial charge in [0.15, 0.2) is 17.0 Å². The number of urea groups is 1. The molecule has 3 rings (SSSR count). The molecule has 1 N–H and O–H groups in total. The van der Waals surface area contributed by atoms with Crippen LogP contribution in [0.2, 0.25) is 0 Å². The maximum Gasteiger partial charge on any atom is 0.325 e. The first-order valence-corrected chi connectivity index (χ1v) is 7.40. The lowest BCUT2D eigenvalue weighted by Gasteiger charge is -2.35. The molecule has 2 aliphatic rings. The number of carbonyl (C=O) groups is 2. The topological polar surface area (TPSA) is 65.0 Å². The van der Waals surface area contributed by atoms with E-state index in [2.05, 4.69) is 32.3 Å². The smallest absolute Gasteiger partial charge is 0.325 e. The SMILES string of the molecule is Cc1cccc(CN2C(Br)=NC3C2C(=O)NC(=O)N3C)c1. The third-order valence-electron chi connectivity index (χ3n) is 3.75. The fraction of sp³-hybridized carbons (Fsp3) is 0.357. The van der Waals surface area contributed by atoms with Gasteiger partial charge in [-0.25, -0.2) is 9.79 Å². The summed E-state index contributed by atoms with van der Waals surface area (Å²) >= 11 is 3.40. The van der Waals surface area contributed by atoms with Crippen LogP contribution >= 0.6 is 15.9 Å². The van der Waals surface area contributed by atoms with Crippen molar-refractivity contribution < 1.29 is 9.59 Å². The van der Waals surface area contributed by atoms with E-state index in [1.54, 1.807) is 7.05 Å². The number of hydrogen-bond acceptors (Lipinski definition) is 4. The molecule has 0 radical (unpaired) electrons. The van der Waals surface area contributed by atoms with Gasteiger partial charge in [-0.3, -0.25) is 10.1 Å². The zero-order valence-electron chi connectivity index (χ0n) is 11.7. The zero-order chi connectivity index (χ0) is 15.1. The minimum Gasteiger partial charge on any atom is -0.331 e. The molecule has 0 aliphatic carbocycles. The van der Waals surface area contributed by atoms with Crippen molar-refractivity contribution in [3.05, 3.63) is 35.4 Å². The van der Waals surface area contributed by atoms with Crippen LogP contribution in [0.4, 0.5) is 4.79 Å². The zero-order valence-corrected chi connectivity index (χ0v) is 13.3. The Morgan fingerprint density at radius 2 is 2.14 bits per heavy atom. The molecule has 0 saturated carbocycles. The lowest BCUT2D eigenvalue weighted by Crippen LogP contribution is -2.63. The van der Waals surface area contributed by atoms with Gasteiger partial charge in [-0.1, -0.05) is 29.8 Å². The number of aryl methyl sites for hydroxylation is 1. The molecule has 3 amide bonds. The van der Waals surface area contributed by atoms with Crippen molar-refractivity contribution in [2.45, 2.75) is 25.7 Å². The van der Waals surface area contributed by atoms with Crippen molar-refractivity contribution in [2.75, 3.05) is 7.05 Å². The van der Waals surface area contributed by atoms with Crippen molar-refractivity contribution in [3.63, 3.8) is 0 Å². The molecular formula is C14H15BrN4O2. The number of benzene rings is 1. The standard InChI is InChI=1S/C14H15BrN4O2/c1-8-4-3-5-9(6-8)7-19-10-11(16-13(19)15)18(2)14(21)17-12(10)20/h3-6,10-11H,7H2,1-2H3,(H,17,20,21). The Hall–Kier alpha value is -1.89. The van der Waals surface area contributed by atoms with Crippen LogP contribution in [-0.2, 0) is 11.3 Å². The molecule has 6 nitrogen and oxygen atoms in total. The number of hydrogen-bond donors (Lipinski definition) is 1. The average molecular weight is 351 g/mol.